The van der Waals surface area contributed by atoms with E-state index in [0.29, 0.717) is 35.2 Å². The summed E-state index contributed by atoms with van der Waals surface area (Å²) in [6, 6.07) is 5.17. The number of hydrogen-bond donors (Lipinski definition) is 2. The van der Waals surface area contributed by atoms with Crippen LogP contribution in [0.3, 0.4) is 0 Å². The predicted octanol–water partition coefficient (Wildman–Crippen LogP) is 3.00. The van der Waals surface area contributed by atoms with E-state index in [-0.39, 0.29) is 5.91 Å². The van der Waals surface area contributed by atoms with Gasteiger partial charge in [0.1, 0.15) is 5.75 Å². The van der Waals surface area contributed by atoms with E-state index in [2.05, 4.69) is 17.9 Å². The minimum absolute atomic E-state index is 0.0739. The molecule has 0 radical (unpaired) electrons. The molecule has 0 heterocycles. The number of carbonyl (C=O) groups is 1. The van der Waals surface area contributed by atoms with Gasteiger partial charge in [-0.1, -0.05) is 11.6 Å². The summed E-state index contributed by atoms with van der Waals surface area (Å²) in [5.41, 5.74) is 0.667. The lowest BCUT2D eigenvalue weighted by molar-refractivity contribution is -0.115. The molecule has 88 valence electrons. The standard InChI is InChI=1S/C11H14ClNO2S/c1-2-15-10-4-3-8(7-9(10)12)13-11(14)5-6-16/h3-4,7,16H,2,5-6H2,1H3,(H,13,14). The normalized spacial score (nSPS) is 9.94. The second-order valence-corrected chi connectivity index (χ2v) is 3.95. The third-order valence-corrected chi connectivity index (χ3v) is 2.37. The molecule has 0 saturated heterocycles. The van der Waals surface area contributed by atoms with Crippen molar-refractivity contribution in [2.45, 2.75) is 13.3 Å². The molecule has 0 spiro atoms. The highest BCUT2D eigenvalue weighted by molar-refractivity contribution is 7.80. The topological polar surface area (TPSA) is 38.3 Å². The van der Waals surface area contributed by atoms with E-state index in [1.165, 1.54) is 0 Å². The number of thiol groups is 1. The van der Waals surface area contributed by atoms with Crippen LogP contribution in [0.5, 0.6) is 5.75 Å². The molecule has 0 unspecified atom stereocenters. The maximum Gasteiger partial charge on any atom is 0.225 e. The molecular formula is C11H14ClNO2S. The first-order valence-electron chi connectivity index (χ1n) is 5.00. The van der Waals surface area contributed by atoms with Gasteiger partial charge in [-0.25, -0.2) is 0 Å². The van der Waals surface area contributed by atoms with Gasteiger partial charge in [0, 0.05) is 12.1 Å². The molecule has 5 heteroatoms. The molecule has 1 N–H and O–H groups in total. The Morgan fingerprint density at radius 1 is 1.56 bits per heavy atom. The van der Waals surface area contributed by atoms with E-state index in [1.54, 1.807) is 18.2 Å². The van der Waals surface area contributed by atoms with E-state index < -0.39 is 0 Å². The summed E-state index contributed by atoms with van der Waals surface area (Å²) in [5.74, 6) is 1.07. The summed E-state index contributed by atoms with van der Waals surface area (Å²) < 4.78 is 5.29. The smallest absolute Gasteiger partial charge is 0.225 e. The Hall–Kier alpha value is -0.870. The molecule has 0 fully saturated rings. The van der Waals surface area contributed by atoms with Gasteiger partial charge in [-0.3, -0.25) is 4.79 Å². The molecule has 0 aromatic heterocycles. The first-order valence-corrected chi connectivity index (χ1v) is 6.01. The minimum atomic E-state index is -0.0739. The summed E-state index contributed by atoms with van der Waals surface area (Å²) in [4.78, 5) is 11.3. The molecule has 0 bridgehead atoms. The zero-order chi connectivity index (χ0) is 12.0. The summed E-state index contributed by atoms with van der Waals surface area (Å²) in [6.07, 6.45) is 0.383. The summed E-state index contributed by atoms with van der Waals surface area (Å²) in [6.45, 7) is 2.45. The fourth-order valence-electron chi connectivity index (χ4n) is 1.18. The molecule has 1 amide bonds. The number of hydrogen-bond acceptors (Lipinski definition) is 3. The number of benzene rings is 1. The third-order valence-electron chi connectivity index (χ3n) is 1.85. The van der Waals surface area contributed by atoms with Gasteiger partial charge in [0.15, 0.2) is 0 Å². The van der Waals surface area contributed by atoms with Crippen LogP contribution in [-0.2, 0) is 4.79 Å². The van der Waals surface area contributed by atoms with Crippen molar-refractivity contribution in [2.75, 3.05) is 17.7 Å². The lowest BCUT2D eigenvalue weighted by atomic mass is 10.3. The van der Waals surface area contributed by atoms with Crippen molar-refractivity contribution < 1.29 is 9.53 Å². The fraction of sp³-hybridized carbons (Fsp3) is 0.364. The average molecular weight is 260 g/mol. The van der Waals surface area contributed by atoms with Crippen molar-refractivity contribution in [1.82, 2.24) is 0 Å². The van der Waals surface area contributed by atoms with Crippen molar-refractivity contribution in [2.24, 2.45) is 0 Å². The Labute approximate surface area is 106 Å². The number of halogens is 1. The van der Waals surface area contributed by atoms with Crippen LogP contribution in [0.25, 0.3) is 0 Å². The van der Waals surface area contributed by atoms with Crippen LogP contribution in [-0.4, -0.2) is 18.3 Å². The van der Waals surface area contributed by atoms with Crippen LogP contribution in [0.1, 0.15) is 13.3 Å². The quantitative estimate of drug-likeness (QED) is 0.798. The molecule has 0 saturated carbocycles. The lowest BCUT2D eigenvalue weighted by Gasteiger charge is -2.08. The number of nitrogens with one attached hydrogen (secondary N) is 1. The molecular weight excluding hydrogens is 246 g/mol. The average Bonchev–Trinajstić information content (AvgIpc) is 2.22. The maximum atomic E-state index is 11.3. The van der Waals surface area contributed by atoms with E-state index in [0.717, 1.165) is 0 Å². The third kappa shape index (κ3) is 3.94. The van der Waals surface area contributed by atoms with E-state index >= 15 is 0 Å². The first kappa shape index (κ1) is 13.2. The van der Waals surface area contributed by atoms with Crippen molar-refractivity contribution in [3.8, 4) is 5.75 Å². The maximum absolute atomic E-state index is 11.3. The van der Waals surface area contributed by atoms with Crippen LogP contribution in [0.2, 0.25) is 5.02 Å². The van der Waals surface area contributed by atoms with Crippen molar-refractivity contribution >= 4 is 35.8 Å². The van der Waals surface area contributed by atoms with Crippen LogP contribution in [0.15, 0.2) is 18.2 Å². The van der Waals surface area contributed by atoms with Crippen LogP contribution in [0, 0.1) is 0 Å². The van der Waals surface area contributed by atoms with Gasteiger partial charge >= 0.3 is 0 Å². The molecule has 16 heavy (non-hydrogen) atoms. The molecule has 1 aromatic carbocycles. The lowest BCUT2D eigenvalue weighted by Crippen LogP contribution is -2.11. The van der Waals surface area contributed by atoms with Crippen molar-refractivity contribution in [1.29, 1.82) is 0 Å². The van der Waals surface area contributed by atoms with Crippen LogP contribution in [0.4, 0.5) is 5.69 Å². The summed E-state index contributed by atoms with van der Waals surface area (Å²) in [7, 11) is 0. The minimum Gasteiger partial charge on any atom is -0.492 e. The fourth-order valence-corrected chi connectivity index (χ4v) is 1.61. The Morgan fingerprint density at radius 3 is 2.88 bits per heavy atom. The number of ether oxygens (including phenoxy) is 1. The van der Waals surface area contributed by atoms with Gasteiger partial charge in [-0.05, 0) is 30.9 Å². The zero-order valence-electron chi connectivity index (χ0n) is 9.00. The second-order valence-electron chi connectivity index (χ2n) is 3.10. The zero-order valence-corrected chi connectivity index (χ0v) is 10.6. The Bertz CT molecular complexity index is 371. The van der Waals surface area contributed by atoms with Gasteiger partial charge in [0.25, 0.3) is 0 Å². The number of amides is 1. The molecule has 3 nitrogen and oxygen atoms in total. The summed E-state index contributed by atoms with van der Waals surface area (Å²) in [5, 5.41) is 3.22. The van der Waals surface area contributed by atoms with E-state index in [4.69, 9.17) is 16.3 Å². The Morgan fingerprint density at radius 2 is 2.31 bits per heavy atom. The molecule has 0 atom stereocenters. The van der Waals surface area contributed by atoms with E-state index in [9.17, 15) is 4.79 Å². The Kier molecular flexibility index (Phi) is 5.49. The van der Waals surface area contributed by atoms with Crippen molar-refractivity contribution in [3.63, 3.8) is 0 Å². The SMILES string of the molecule is CCOc1ccc(NC(=O)CCS)cc1Cl. The number of rotatable bonds is 5. The highest BCUT2D eigenvalue weighted by Gasteiger charge is 2.05. The monoisotopic (exact) mass is 259 g/mol. The first-order chi connectivity index (χ1) is 7.67. The van der Waals surface area contributed by atoms with Crippen molar-refractivity contribution in [3.05, 3.63) is 23.2 Å². The molecule has 1 rings (SSSR count). The van der Waals surface area contributed by atoms with Gasteiger partial charge in [-0.2, -0.15) is 12.6 Å². The van der Waals surface area contributed by atoms with Crippen LogP contribution >= 0.6 is 24.2 Å². The van der Waals surface area contributed by atoms with Crippen LogP contribution < -0.4 is 10.1 Å². The highest BCUT2D eigenvalue weighted by atomic mass is 35.5. The van der Waals surface area contributed by atoms with Gasteiger partial charge in [0.2, 0.25) is 5.91 Å². The van der Waals surface area contributed by atoms with Gasteiger partial charge < -0.3 is 10.1 Å². The number of anilines is 1. The van der Waals surface area contributed by atoms with Gasteiger partial charge in [-0.15, -0.1) is 0 Å². The van der Waals surface area contributed by atoms with Gasteiger partial charge in [0.05, 0.1) is 11.6 Å². The molecule has 0 aliphatic carbocycles. The molecule has 0 aliphatic heterocycles. The summed E-state index contributed by atoms with van der Waals surface area (Å²) >= 11 is 9.96. The largest absolute Gasteiger partial charge is 0.492 e. The predicted molar refractivity (Wildman–Crippen MR) is 69.7 cm³/mol. The molecule has 1 aromatic rings. The highest BCUT2D eigenvalue weighted by Crippen LogP contribution is 2.27. The molecule has 0 aliphatic rings. The number of carbonyl (C=O) groups excluding carboxylic acids is 1. The van der Waals surface area contributed by atoms with E-state index in [1.807, 2.05) is 6.92 Å². The Balaban J connectivity index is 2.69. The second kappa shape index (κ2) is 6.66.